The van der Waals surface area contributed by atoms with E-state index in [0.717, 1.165) is 25.7 Å². The van der Waals surface area contributed by atoms with Crippen molar-refractivity contribution in [2.24, 2.45) is 0 Å². The Morgan fingerprint density at radius 1 is 1.21 bits per heavy atom. The SMILES string of the molecule is O=C(O)COc1cccc(NC(=O)CN2CCCCCCC2=O)c1. The summed E-state index contributed by atoms with van der Waals surface area (Å²) in [5.74, 6) is -0.972. The molecule has 24 heavy (non-hydrogen) atoms. The number of carboxylic acids is 1. The molecule has 0 spiro atoms. The van der Waals surface area contributed by atoms with Gasteiger partial charge in [0.05, 0.1) is 6.54 Å². The van der Waals surface area contributed by atoms with Gasteiger partial charge in [-0.3, -0.25) is 9.59 Å². The molecular weight excluding hydrogens is 312 g/mol. The summed E-state index contributed by atoms with van der Waals surface area (Å²) in [5, 5.41) is 11.3. The molecule has 130 valence electrons. The number of amides is 2. The molecule has 0 unspecified atom stereocenters. The fraction of sp³-hybridized carbons (Fsp3) is 0.471. The van der Waals surface area contributed by atoms with Crippen LogP contribution in [0.4, 0.5) is 5.69 Å². The third-order valence-corrected chi connectivity index (χ3v) is 3.74. The molecule has 0 aromatic heterocycles. The molecular formula is C17H22N2O5. The lowest BCUT2D eigenvalue weighted by molar-refractivity contribution is -0.139. The van der Waals surface area contributed by atoms with Crippen molar-refractivity contribution in [3.63, 3.8) is 0 Å². The number of rotatable bonds is 6. The van der Waals surface area contributed by atoms with Gasteiger partial charge in [0.25, 0.3) is 0 Å². The molecule has 2 amide bonds. The van der Waals surface area contributed by atoms with E-state index in [0.29, 0.717) is 24.4 Å². The van der Waals surface area contributed by atoms with Gasteiger partial charge in [0.2, 0.25) is 11.8 Å². The zero-order valence-corrected chi connectivity index (χ0v) is 13.5. The van der Waals surface area contributed by atoms with Gasteiger partial charge in [-0.2, -0.15) is 0 Å². The number of carbonyl (C=O) groups is 3. The Morgan fingerprint density at radius 3 is 2.79 bits per heavy atom. The number of anilines is 1. The maximum Gasteiger partial charge on any atom is 0.341 e. The Morgan fingerprint density at radius 2 is 2.00 bits per heavy atom. The first-order valence-electron chi connectivity index (χ1n) is 8.07. The van der Waals surface area contributed by atoms with Gasteiger partial charge in [-0.1, -0.05) is 18.9 Å². The molecule has 0 aliphatic carbocycles. The molecule has 7 heteroatoms. The summed E-state index contributed by atoms with van der Waals surface area (Å²) in [6.45, 7) is 0.187. The van der Waals surface area contributed by atoms with Crippen LogP contribution in [0, 0.1) is 0 Å². The highest BCUT2D eigenvalue weighted by Gasteiger charge is 2.18. The molecule has 7 nitrogen and oxygen atoms in total. The lowest BCUT2D eigenvalue weighted by Crippen LogP contribution is -2.39. The van der Waals surface area contributed by atoms with Gasteiger partial charge in [0.1, 0.15) is 5.75 Å². The van der Waals surface area contributed by atoms with Crippen LogP contribution in [-0.4, -0.2) is 47.5 Å². The summed E-state index contributed by atoms with van der Waals surface area (Å²) in [7, 11) is 0. The quantitative estimate of drug-likeness (QED) is 0.828. The van der Waals surface area contributed by atoms with Crippen LogP contribution in [0.2, 0.25) is 0 Å². The van der Waals surface area contributed by atoms with Gasteiger partial charge in [-0.25, -0.2) is 4.79 Å². The Hall–Kier alpha value is -2.57. The molecule has 0 saturated carbocycles. The van der Waals surface area contributed by atoms with Crippen LogP contribution in [-0.2, 0) is 14.4 Å². The average Bonchev–Trinajstić information content (AvgIpc) is 2.53. The minimum atomic E-state index is -1.07. The van der Waals surface area contributed by atoms with Crippen LogP contribution in [0.25, 0.3) is 0 Å². The number of carboxylic acid groups (broad SMARTS) is 1. The maximum atomic E-state index is 12.2. The van der Waals surface area contributed by atoms with Gasteiger partial charge in [0.15, 0.2) is 6.61 Å². The van der Waals surface area contributed by atoms with Crippen LogP contribution in [0.1, 0.15) is 32.1 Å². The number of carbonyl (C=O) groups excluding carboxylic acids is 2. The zero-order valence-electron chi connectivity index (χ0n) is 13.5. The van der Waals surface area contributed by atoms with Gasteiger partial charge < -0.3 is 20.1 Å². The summed E-state index contributed by atoms with van der Waals surface area (Å²) < 4.78 is 5.07. The fourth-order valence-corrected chi connectivity index (χ4v) is 2.57. The number of benzene rings is 1. The molecule has 1 saturated heterocycles. The lowest BCUT2D eigenvalue weighted by atomic mass is 10.1. The van der Waals surface area contributed by atoms with Gasteiger partial charge in [-0.05, 0) is 25.0 Å². The number of likely N-dealkylation sites (tertiary alicyclic amines) is 1. The summed E-state index contributed by atoms with van der Waals surface area (Å²) >= 11 is 0. The highest BCUT2D eigenvalue weighted by atomic mass is 16.5. The third-order valence-electron chi connectivity index (χ3n) is 3.74. The van der Waals surface area contributed by atoms with Crippen molar-refractivity contribution in [3.8, 4) is 5.75 Å². The van der Waals surface area contributed by atoms with Crippen molar-refractivity contribution in [1.29, 1.82) is 0 Å². The van der Waals surface area contributed by atoms with E-state index in [1.807, 2.05) is 0 Å². The second-order valence-corrected chi connectivity index (χ2v) is 5.74. The molecule has 1 aliphatic heterocycles. The standard InChI is InChI=1S/C17H22N2O5/c20-15(11-19-9-4-2-1-3-8-16(19)21)18-13-6-5-7-14(10-13)24-12-17(22)23/h5-7,10H,1-4,8-9,11-12H2,(H,18,20)(H,22,23). The van der Waals surface area contributed by atoms with Crippen molar-refractivity contribution in [2.45, 2.75) is 32.1 Å². The molecule has 1 aliphatic rings. The van der Waals surface area contributed by atoms with Crippen molar-refractivity contribution in [1.82, 2.24) is 4.90 Å². The Kier molecular flexibility index (Phi) is 6.60. The monoisotopic (exact) mass is 334 g/mol. The Bertz CT molecular complexity index is 602. The van der Waals surface area contributed by atoms with Gasteiger partial charge in [0, 0.05) is 24.7 Å². The van der Waals surface area contributed by atoms with Crippen LogP contribution in [0.3, 0.4) is 0 Å². The number of ether oxygens (including phenoxy) is 1. The lowest BCUT2D eigenvalue weighted by Gasteiger charge is -2.24. The molecule has 2 N–H and O–H groups in total. The van der Waals surface area contributed by atoms with E-state index in [4.69, 9.17) is 9.84 Å². The first-order valence-corrected chi connectivity index (χ1v) is 8.07. The highest BCUT2D eigenvalue weighted by molar-refractivity contribution is 5.94. The minimum absolute atomic E-state index is 0.0170. The van der Waals surface area contributed by atoms with E-state index < -0.39 is 12.6 Å². The summed E-state index contributed by atoms with van der Waals surface area (Å²) in [5.41, 5.74) is 0.502. The normalized spacial score (nSPS) is 15.3. The van der Waals surface area contributed by atoms with Crippen LogP contribution >= 0.6 is 0 Å². The predicted molar refractivity (Wildman–Crippen MR) is 87.9 cm³/mol. The molecule has 0 radical (unpaired) electrons. The van der Waals surface area contributed by atoms with E-state index in [9.17, 15) is 14.4 Å². The largest absolute Gasteiger partial charge is 0.482 e. The summed E-state index contributed by atoms with van der Waals surface area (Å²) in [6, 6.07) is 6.51. The van der Waals surface area contributed by atoms with Crippen molar-refractivity contribution >= 4 is 23.5 Å². The first kappa shape index (κ1) is 17.8. The molecule has 0 atom stereocenters. The second kappa shape index (κ2) is 8.90. The Labute approximate surface area is 140 Å². The van der Waals surface area contributed by atoms with Crippen molar-refractivity contribution in [2.75, 3.05) is 25.0 Å². The van der Waals surface area contributed by atoms with E-state index in [2.05, 4.69) is 5.32 Å². The second-order valence-electron chi connectivity index (χ2n) is 5.74. The zero-order chi connectivity index (χ0) is 17.4. The van der Waals surface area contributed by atoms with Crippen LogP contribution < -0.4 is 10.1 Å². The topological polar surface area (TPSA) is 95.9 Å². The molecule has 2 rings (SSSR count). The summed E-state index contributed by atoms with van der Waals surface area (Å²) in [4.78, 5) is 36.3. The number of aliphatic carboxylic acids is 1. The molecule has 0 bridgehead atoms. The van der Waals surface area contributed by atoms with E-state index >= 15 is 0 Å². The predicted octanol–water partition coefficient (Wildman–Crippen LogP) is 1.88. The van der Waals surface area contributed by atoms with Gasteiger partial charge in [-0.15, -0.1) is 0 Å². The maximum absolute atomic E-state index is 12.2. The van der Waals surface area contributed by atoms with Crippen LogP contribution in [0.5, 0.6) is 5.75 Å². The molecule has 1 fully saturated rings. The molecule has 1 aromatic carbocycles. The average molecular weight is 334 g/mol. The Balaban J connectivity index is 1.90. The minimum Gasteiger partial charge on any atom is -0.482 e. The number of nitrogens with one attached hydrogen (secondary N) is 1. The van der Waals surface area contributed by atoms with E-state index in [-0.39, 0.29) is 18.4 Å². The number of nitrogens with zero attached hydrogens (tertiary/aromatic N) is 1. The smallest absolute Gasteiger partial charge is 0.341 e. The van der Waals surface area contributed by atoms with Gasteiger partial charge >= 0.3 is 5.97 Å². The fourth-order valence-electron chi connectivity index (χ4n) is 2.57. The molecule has 1 heterocycles. The third kappa shape index (κ3) is 5.91. The first-order chi connectivity index (χ1) is 11.5. The molecule has 1 aromatic rings. The van der Waals surface area contributed by atoms with E-state index in [1.54, 1.807) is 29.2 Å². The van der Waals surface area contributed by atoms with Crippen molar-refractivity contribution in [3.05, 3.63) is 24.3 Å². The van der Waals surface area contributed by atoms with Crippen molar-refractivity contribution < 1.29 is 24.2 Å². The number of hydrogen-bond acceptors (Lipinski definition) is 4. The van der Waals surface area contributed by atoms with Crippen LogP contribution in [0.15, 0.2) is 24.3 Å². The summed E-state index contributed by atoms with van der Waals surface area (Å²) in [6.07, 6.45) is 4.42. The highest BCUT2D eigenvalue weighted by Crippen LogP contribution is 2.17. The van der Waals surface area contributed by atoms with E-state index in [1.165, 1.54) is 0 Å². The number of hydrogen-bond donors (Lipinski definition) is 2.